The monoisotopic (exact) mass is 156 g/mol. The standard InChI is InChI=1S/C7H12N2O2/c1-7(6(10)11)3-8-5-9(2)4-7/h3H,4-5H2,1-2H3,(H,10,11). The molecule has 0 fully saturated rings. The first-order chi connectivity index (χ1) is 5.04. The molecule has 0 aromatic rings. The minimum Gasteiger partial charge on any atom is -0.481 e. The highest BCUT2D eigenvalue weighted by molar-refractivity contribution is 5.94. The van der Waals surface area contributed by atoms with Gasteiger partial charge in [0, 0.05) is 12.8 Å². The van der Waals surface area contributed by atoms with Crippen molar-refractivity contribution in [1.82, 2.24) is 4.90 Å². The van der Waals surface area contributed by atoms with Gasteiger partial charge >= 0.3 is 5.97 Å². The first kappa shape index (κ1) is 8.20. The molecule has 1 rings (SSSR count). The molecule has 1 N–H and O–H groups in total. The van der Waals surface area contributed by atoms with E-state index < -0.39 is 11.4 Å². The van der Waals surface area contributed by atoms with Gasteiger partial charge < -0.3 is 5.11 Å². The Kier molecular flexibility index (Phi) is 1.95. The van der Waals surface area contributed by atoms with Crippen molar-refractivity contribution in [2.75, 3.05) is 20.3 Å². The molecular formula is C7H12N2O2. The Labute approximate surface area is 65.5 Å². The van der Waals surface area contributed by atoms with E-state index in [0.717, 1.165) is 0 Å². The summed E-state index contributed by atoms with van der Waals surface area (Å²) in [5, 5.41) is 8.80. The minimum atomic E-state index is -0.812. The number of carboxylic acids is 1. The van der Waals surface area contributed by atoms with Crippen LogP contribution in [0, 0.1) is 5.41 Å². The van der Waals surface area contributed by atoms with E-state index in [9.17, 15) is 4.79 Å². The molecule has 0 amide bonds. The Morgan fingerprint density at radius 2 is 2.45 bits per heavy atom. The lowest BCUT2D eigenvalue weighted by Crippen LogP contribution is -2.44. The van der Waals surface area contributed by atoms with E-state index in [1.807, 2.05) is 11.9 Å². The molecule has 1 atom stereocenters. The molecule has 62 valence electrons. The van der Waals surface area contributed by atoms with Crippen LogP contribution in [-0.4, -0.2) is 42.5 Å². The van der Waals surface area contributed by atoms with Crippen molar-refractivity contribution in [1.29, 1.82) is 0 Å². The third-order valence-electron chi connectivity index (χ3n) is 1.79. The molecular weight excluding hydrogens is 144 g/mol. The largest absolute Gasteiger partial charge is 0.481 e. The molecule has 0 spiro atoms. The van der Waals surface area contributed by atoms with Gasteiger partial charge in [-0.05, 0) is 14.0 Å². The van der Waals surface area contributed by atoms with Gasteiger partial charge in [0.25, 0.3) is 0 Å². The van der Waals surface area contributed by atoms with Crippen LogP contribution in [0.2, 0.25) is 0 Å². The van der Waals surface area contributed by atoms with Crippen LogP contribution in [-0.2, 0) is 4.79 Å². The first-order valence-electron chi connectivity index (χ1n) is 3.47. The lowest BCUT2D eigenvalue weighted by atomic mass is 9.91. The highest BCUT2D eigenvalue weighted by Gasteiger charge is 2.34. The van der Waals surface area contributed by atoms with Crippen LogP contribution in [0.4, 0.5) is 0 Å². The van der Waals surface area contributed by atoms with Crippen LogP contribution in [0.1, 0.15) is 6.92 Å². The lowest BCUT2D eigenvalue weighted by molar-refractivity contribution is -0.144. The summed E-state index contributed by atoms with van der Waals surface area (Å²) in [6.45, 7) is 2.81. The number of rotatable bonds is 1. The second-order valence-corrected chi connectivity index (χ2v) is 3.19. The Morgan fingerprint density at radius 1 is 1.82 bits per heavy atom. The molecule has 4 heteroatoms. The topological polar surface area (TPSA) is 52.9 Å². The predicted molar refractivity (Wildman–Crippen MR) is 41.7 cm³/mol. The Morgan fingerprint density at radius 3 is 2.82 bits per heavy atom. The third-order valence-corrected chi connectivity index (χ3v) is 1.79. The van der Waals surface area contributed by atoms with Crippen molar-refractivity contribution in [2.45, 2.75) is 6.92 Å². The fraction of sp³-hybridized carbons (Fsp3) is 0.714. The summed E-state index contributed by atoms with van der Waals surface area (Å²) < 4.78 is 0. The summed E-state index contributed by atoms with van der Waals surface area (Å²) in [4.78, 5) is 16.5. The maximum absolute atomic E-state index is 10.7. The molecule has 0 saturated carbocycles. The van der Waals surface area contributed by atoms with Crippen molar-refractivity contribution in [3.63, 3.8) is 0 Å². The van der Waals surface area contributed by atoms with Crippen LogP contribution in [0.15, 0.2) is 4.99 Å². The number of carbonyl (C=O) groups is 1. The Bertz CT molecular complexity index is 203. The number of carboxylic acid groups (broad SMARTS) is 1. The molecule has 1 heterocycles. The van der Waals surface area contributed by atoms with Gasteiger partial charge in [0.2, 0.25) is 0 Å². The second kappa shape index (κ2) is 2.62. The molecule has 0 bridgehead atoms. The minimum absolute atomic E-state index is 0.534. The number of nitrogens with zero attached hydrogens (tertiary/aromatic N) is 2. The average molecular weight is 156 g/mol. The SMILES string of the molecule is CN1CN=CC(C)(C(=O)O)C1. The van der Waals surface area contributed by atoms with Gasteiger partial charge in [-0.2, -0.15) is 0 Å². The van der Waals surface area contributed by atoms with Crippen LogP contribution in [0.3, 0.4) is 0 Å². The first-order valence-corrected chi connectivity index (χ1v) is 3.47. The summed E-state index contributed by atoms with van der Waals surface area (Å²) in [6.07, 6.45) is 1.52. The fourth-order valence-corrected chi connectivity index (χ4v) is 1.16. The second-order valence-electron chi connectivity index (χ2n) is 3.19. The van der Waals surface area contributed by atoms with E-state index >= 15 is 0 Å². The zero-order chi connectivity index (χ0) is 8.48. The van der Waals surface area contributed by atoms with Crippen LogP contribution in [0.25, 0.3) is 0 Å². The number of hydrogen-bond acceptors (Lipinski definition) is 3. The van der Waals surface area contributed by atoms with Gasteiger partial charge in [0.05, 0.1) is 6.67 Å². The smallest absolute Gasteiger partial charge is 0.316 e. The van der Waals surface area contributed by atoms with Crippen molar-refractivity contribution in [3.8, 4) is 0 Å². The van der Waals surface area contributed by atoms with E-state index in [0.29, 0.717) is 13.2 Å². The van der Waals surface area contributed by atoms with Gasteiger partial charge in [-0.1, -0.05) is 0 Å². The quantitative estimate of drug-likeness (QED) is 0.583. The molecule has 11 heavy (non-hydrogen) atoms. The Balaban J connectivity index is 2.79. The predicted octanol–water partition coefficient (Wildman–Crippen LogP) is 0.0510. The van der Waals surface area contributed by atoms with Gasteiger partial charge in [-0.25, -0.2) is 0 Å². The maximum Gasteiger partial charge on any atom is 0.316 e. The zero-order valence-corrected chi connectivity index (χ0v) is 6.74. The third kappa shape index (κ3) is 1.57. The molecule has 4 nitrogen and oxygen atoms in total. The van der Waals surface area contributed by atoms with Crippen molar-refractivity contribution in [3.05, 3.63) is 0 Å². The van der Waals surface area contributed by atoms with Gasteiger partial charge in [-0.15, -0.1) is 0 Å². The molecule has 1 unspecified atom stereocenters. The highest BCUT2D eigenvalue weighted by atomic mass is 16.4. The Hall–Kier alpha value is -0.900. The lowest BCUT2D eigenvalue weighted by Gasteiger charge is -2.29. The van der Waals surface area contributed by atoms with Crippen molar-refractivity contribution >= 4 is 12.2 Å². The molecule has 0 radical (unpaired) electrons. The fourth-order valence-electron chi connectivity index (χ4n) is 1.16. The molecule has 1 aliphatic heterocycles. The van der Waals surface area contributed by atoms with E-state index in [4.69, 9.17) is 5.11 Å². The van der Waals surface area contributed by atoms with E-state index in [-0.39, 0.29) is 0 Å². The number of aliphatic carboxylic acids is 1. The molecule has 0 aliphatic carbocycles. The summed E-state index contributed by atoms with van der Waals surface area (Å²) in [7, 11) is 1.86. The van der Waals surface area contributed by atoms with Crippen molar-refractivity contribution in [2.24, 2.45) is 10.4 Å². The van der Waals surface area contributed by atoms with E-state index in [1.165, 1.54) is 6.21 Å². The van der Waals surface area contributed by atoms with Crippen molar-refractivity contribution < 1.29 is 9.90 Å². The van der Waals surface area contributed by atoms with Gasteiger partial charge in [0.15, 0.2) is 0 Å². The summed E-state index contributed by atoms with van der Waals surface area (Å²) in [5.74, 6) is -0.812. The van der Waals surface area contributed by atoms with E-state index in [1.54, 1.807) is 6.92 Å². The van der Waals surface area contributed by atoms with Gasteiger partial charge in [-0.3, -0.25) is 14.7 Å². The molecule has 1 aliphatic rings. The molecule has 0 saturated heterocycles. The number of hydrogen-bond donors (Lipinski definition) is 1. The summed E-state index contributed by atoms with van der Waals surface area (Å²) in [5.41, 5.74) is -0.799. The molecule has 0 aromatic heterocycles. The normalized spacial score (nSPS) is 32.2. The maximum atomic E-state index is 10.7. The molecule has 0 aromatic carbocycles. The summed E-state index contributed by atoms with van der Waals surface area (Å²) >= 11 is 0. The van der Waals surface area contributed by atoms with Crippen LogP contribution in [0.5, 0.6) is 0 Å². The summed E-state index contributed by atoms with van der Waals surface area (Å²) in [6, 6.07) is 0. The average Bonchev–Trinajstić information content (AvgIpc) is 1.86. The van der Waals surface area contributed by atoms with Gasteiger partial charge in [0.1, 0.15) is 5.41 Å². The van der Waals surface area contributed by atoms with Crippen LogP contribution < -0.4 is 0 Å². The highest BCUT2D eigenvalue weighted by Crippen LogP contribution is 2.18. The van der Waals surface area contributed by atoms with E-state index in [2.05, 4.69) is 4.99 Å². The number of aliphatic imine (C=N–C) groups is 1. The zero-order valence-electron chi connectivity index (χ0n) is 6.74. The van der Waals surface area contributed by atoms with Crippen LogP contribution >= 0.6 is 0 Å².